The summed E-state index contributed by atoms with van der Waals surface area (Å²) in [7, 11) is 1.33. The first kappa shape index (κ1) is 12.0. The van der Waals surface area contributed by atoms with Gasteiger partial charge in [0, 0.05) is 13.2 Å². The molecule has 1 N–H and O–H groups in total. The fourth-order valence-corrected chi connectivity index (χ4v) is 1.52. The van der Waals surface area contributed by atoms with Gasteiger partial charge in [-0.25, -0.2) is 0 Å². The quantitative estimate of drug-likeness (QED) is 0.675. The van der Waals surface area contributed by atoms with E-state index in [1.807, 2.05) is 6.92 Å². The summed E-state index contributed by atoms with van der Waals surface area (Å²) in [6, 6.07) is 0. The highest BCUT2D eigenvalue weighted by Crippen LogP contribution is 2.19. The fourth-order valence-electron chi connectivity index (χ4n) is 1.52. The van der Waals surface area contributed by atoms with E-state index in [0.717, 1.165) is 6.42 Å². The van der Waals surface area contributed by atoms with Crippen molar-refractivity contribution in [2.24, 2.45) is 5.92 Å². The first-order chi connectivity index (χ1) is 7.15. The molecule has 0 saturated carbocycles. The molecule has 0 aromatic carbocycles. The van der Waals surface area contributed by atoms with Crippen LogP contribution in [-0.4, -0.2) is 38.2 Å². The maximum Gasteiger partial charge on any atom is 0.307 e. The Labute approximate surface area is 89.1 Å². The minimum Gasteiger partial charge on any atom is -0.469 e. The van der Waals surface area contributed by atoms with Crippen LogP contribution in [0.25, 0.3) is 0 Å². The maximum absolute atomic E-state index is 11.5. The van der Waals surface area contributed by atoms with Crippen molar-refractivity contribution < 1.29 is 19.1 Å². The molecule has 15 heavy (non-hydrogen) atoms. The highest BCUT2D eigenvalue weighted by Gasteiger charge is 2.30. The van der Waals surface area contributed by atoms with Gasteiger partial charge in [-0.15, -0.1) is 0 Å². The summed E-state index contributed by atoms with van der Waals surface area (Å²) in [4.78, 5) is 22.3. The number of nitrogens with one attached hydrogen (secondary N) is 1. The van der Waals surface area contributed by atoms with Crippen molar-refractivity contribution in [1.29, 1.82) is 0 Å². The van der Waals surface area contributed by atoms with Crippen molar-refractivity contribution in [3.05, 3.63) is 0 Å². The number of ether oxygens (including phenoxy) is 2. The van der Waals surface area contributed by atoms with Crippen LogP contribution in [0.4, 0.5) is 0 Å². The molecule has 2 unspecified atom stereocenters. The minimum absolute atomic E-state index is 0.135. The lowest BCUT2D eigenvalue weighted by Crippen LogP contribution is -2.38. The van der Waals surface area contributed by atoms with Crippen LogP contribution in [0, 0.1) is 5.92 Å². The summed E-state index contributed by atoms with van der Waals surface area (Å²) < 4.78 is 9.74. The van der Waals surface area contributed by atoms with Crippen LogP contribution in [0.5, 0.6) is 0 Å². The van der Waals surface area contributed by atoms with E-state index in [9.17, 15) is 9.59 Å². The van der Waals surface area contributed by atoms with Gasteiger partial charge in [-0.2, -0.15) is 0 Å². The van der Waals surface area contributed by atoms with E-state index < -0.39 is 0 Å². The molecular formula is C10H17NO4. The number of esters is 1. The van der Waals surface area contributed by atoms with Crippen LogP contribution in [0.15, 0.2) is 0 Å². The molecule has 0 bridgehead atoms. The van der Waals surface area contributed by atoms with Gasteiger partial charge >= 0.3 is 5.97 Å². The van der Waals surface area contributed by atoms with E-state index in [0.29, 0.717) is 13.2 Å². The molecule has 1 fully saturated rings. The SMILES string of the molecule is COC(=O)CCNC(=O)C1OCCC1C. The molecular weight excluding hydrogens is 198 g/mol. The summed E-state index contributed by atoms with van der Waals surface area (Å²) in [6.07, 6.45) is 0.751. The molecule has 0 aromatic heterocycles. The largest absolute Gasteiger partial charge is 0.469 e. The van der Waals surface area contributed by atoms with Crippen molar-refractivity contribution in [2.45, 2.75) is 25.9 Å². The lowest BCUT2D eigenvalue weighted by molar-refractivity contribution is -0.140. The van der Waals surface area contributed by atoms with Crippen LogP contribution in [-0.2, 0) is 19.1 Å². The number of carbonyl (C=O) groups excluding carboxylic acids is 2. The number of hydrogen-bond acceptors (Lipinski definition) is 4. The summed E-state index contributed by atoms with van der Waals surface area (Å²) in [5.41, 5.74) is 0. The molecule has 1 heterocycles. The second-order valence-corrected chi connectivity index (χ2v) is 3.67. The lowest BCUT2D eigenvalue weighted by Gasteiger charge is -2.13. The summed E-state index contributed by atoms with van der Waals surface area (Å²) >= 11 is 0. The van der Waals surface area contributed by atoms with Gasteiger partial charge < -0.3 is 14.8 Å². The zero-order valence-electron chi connectivity index (χ0n) is 9.12. The zero-order chi connectivity index (χ0) is 11.3. The third-order valence-electron chi connectivity index (χ3n) is 2.50. The van der Waals surface area contributed by atoms with Gasteiger partial charge in [0.1, 0.15) is 6.10 Å². The topological polar surface area (TPSA) is 64.6 Å². The second kappa shape index (κ2) is 5.70. The highest BCUT2D eigenvalue weighted by molar-refractivity contribution is 5.81. The van der Waals surface area contributed by atoms with Crippen LogP contribution in [0.1, 0.15) is 19.8 Å². The Bertz CT molecular complexity index is 242. The Morgan fingerprint density at radius 2 is 2.27 bits per heavy atom. The molecule has 86 valence electrons. The molecule has 5 heteroatoms. The zero-order valence-corrected chi connectivity index (χ0v) is 9.12. The van der Waals surface area contributed by atoms with E-state index in [1.165, 1.54) is 7.11 Å². The molecule has 1 rings (SSSR count). The Morgan fingerprint density at radius 1 is 1.53 bits per heavy atom. The number of methoxy groups -OCH3 is 1. The summed E-state index contributed by atoms with van der Waals surface area (Å²) in [5.74, 6) is -0.206. The first-order valence-corrected chi connectivity index (χ1v) is 5.11. The monoisotopic (exact) mass is 215 g/mol. The highest BCUT2D eigenvalue weighted by atomic mass is 16.5. The smallest absolute Gasteiger partial charge is 0.307 e. The van der Waals surface area contributed by atoms with Crippen molar-refractivity contribution in [3.63, 3.8) is 0 Å². The molecule has 5 nitrogen and oxygen atoms in total. The standard InChI is InChI=1S/C10H17NO4/c1-7-4-6-15-9(7)10(13)11-5-3-8(12)14-2/h7,9H,3-6H2,1-2H3,(H,11,13). The Balaban J connectivity index is 2.21. The predicted octanol–water partition coefficient (Wildman–Crippen LogP) is 0.0907. The van der Waals surface area contributed by atoms with Gasteiger partial charge in [0.2, 0.25) is 5.91 Å². The van der Waals surface area contributed by atoms with Gasteiger partial charge in [0.25, 0.3) is 0 Å². The van der Waals surface area contributed by atoms with Crippen LogP contribution in [0.2, 0.25) is 0 Å². The fraction of sp³-hybridized carbons (Fsp3) is 0.800. The van der Waals surface area contributed by atoms with Crippen molar-refractivity contribution in [1.82, 2.24) is 5.32 Å². The molecule has 1 amide bonds. The summed E-state index contributed by atoms with van der Waals surface area (Å²) in [6.45, 7) is 2.92. The van der Waals surface area contributed by atoms with Gasteiger partial charge in [0.05, 0.1) is 13.5 Å². The Hall–Kier alpha value is -1.10. The number of rotatable bonds is 4. The molecule has 0 aliphatic carbocycles. The van der Waals surface area contributed by atoms with E-state index in [1.54, 1.807) is 0 Å². The molecule has 0 radical (unpaired) electrons. The van der Waals surface area contributed by atoms with Crippen LogP contribution < -0.4 is 5.32 Å². The number of hydrogen-bond donors (Lipinski definition) is 1. The van der Waals surface area contributed by atoms with Gasteiger partial charge in [-0.05, 0) is 12.3 Å². The molecule has 1 aliphatic rings. The van der Waals surface area contributed by atoms with Crippen molar-refractivity contribution >= 4 is 11.9 Å². The normalized spacial score (nSPS) is 24.9. The third-order valence-corrected chi connectivity index (χ3v) is 2.50. The third kappa shape index (κ3) is 3.51. The predicted molar refractivity (Wildman–Crippen MR) is 53.2 cm³/mol. The van der Waals surface area contributed by atoms with Crippen LogP contribution in [0.3, 0.4) is 0 Å². The van der Waals surface area contributed by atoms with E-state index >= 15 is 0 Å². The van der Waals surface area contributed by atoms with Crippen molar-refractivity contribution in [2.75, 3.05) is 20.3 Å². The first-order valence-electron chi connectivity index (χ1n) is 5.11. The average Bonchev–Trinajstić information content (AvgIpc) is 2.64. The number of carbonyl (C=O) groups is 2. The number of amides is 1. The van der Waals surface area contributed by atoms with E-state index in [-0.39, 0.29) is 30.3 Å². The average molecular weight is 215 g/mol. The molecule has 1 aliphatic heterocycles. The van der Waals surface area contributed by atoms with E-state index in [4.69, 9.17) is 4.74 Å². The van der Waals surface area contributed by atoms with E-state index in [2.05, 4.69) is 10.1 Å². The summed E-state index contributed by atoms with van der Waals surface area (Å²) in [5, 5.41) is 2.66. The molecule has 0 aromatic rings. The Kier molecular flexibility index (Phi) is 4.55. The van der Waals surface area contributed by atoms with Gasteiger partial charge in [-0.1, -0.05) is 6.92 Å². The van der Waals surface area contributed by atoms with Crippen molar-refractivity contribution in [3.8, 4) is 0 Å². The van der Waals surface area contributed by atoms with Crippen LogP contribution >= 0.6 is 0 Å². The minimum atomic E-state index is -0.359. The second-order valence-electron chi connectivity index (χ2n) is 3.67. The molecule has 2 atom stereocenters. The maximum atomic E-state index is 11.5. The Morgan fingerprint density at radius 3 is 2.80 bits per heavy atom. The molecule has 0 spiro atoms. The lowest BCUT2D eigenvalue weighted by atomic mass is 10.0. The molecule has 1 saturated heterocycles. The van der Waals surface area contributed by atoms with Gasteiger partial charge in [-0.3, -0.25) is 9.59 Å². The van der Waals surface area contributed by atoms with Gasteiger partial charge in [0.15, 0.2) is 0 Å².